The summed E-state index contributed by atoms with van der Waals surface area (Å²) in [7, 11) is 3.01. The van der Waals surface area contributed by atoms with Crippen molar-refractivity contribution in [2.45, 2.75) is 32.0 Å². The molecule has 8 heteroatoms. The van der Waals surface area contributed by atoms with Crippen molar-refractivity contribution < 1.29 is 33.6 Å². The zero-order chi connectivity index (χ0) is 18.9. The lowest BCUT2D eigenvalue weighted by Gasteiger charge is -2.28. The molecule has 0 aliphatic carbocycles. The lowest BCUT2D eigenvalue weighted by Crippen LogP contribution is -2.39. The van der Waals surface area contributed by atoms with E-state index in [0.717, 1.165) is 0 Å². The Balaban J connectivity index is 2.18. The SMILES string of the molecule is COc1nc2c3c(ccc2c(OC)c1C[C@@H](OC=O)C(C)(C)O)OCO3. The maximum absolute atomic E-state index is 10.9. The van der Waals surface area contributed by atoms with Crippen molar-refractivity contribution in [3.63, 3.8) is 0 Å². The summed E-state index contributed by atoms with van der Waals surface area (Å²) in [5.41, 5.74) is -0.135. The molecule has 140 valence electrons. The molecule has 0 fully saturated rings. The van der Waals surface area contributed by atoms with Crippen molar-refractivity contribution in [3.05, 3.63) is 17.7 Å². The minimum atomic E-state index is -1.26. The van der Waals surface area contributed by atoms with Crippen LogP contribution >= 0.6 is 0 Å². The molecule has 0 saturated carbocycles. The Morgan fingerprint density at radius 1 is 1.31 bits per heavy atom. The standard InChI is InChI=1S/C18H21NO7/c1-18(2,21)13(24-8-20)7-11-15(22-3)10-5-6-12-16(26-9-25-12)14(10)19-17(11)23-4/h5-6,8,13,21H,7,9H2,1-4H3/t13-/m1/s1. The predicted octanol–water partition coefficient (Wildman–Crippen LogP) is 1.84. The highest BCUT2D eigenvalue weighted by atomic mass is 16.7. The molecule has 1 atom stereocenters. The topological polar surface area (TPSA) is 96.3 Å². The van der Waals surface area contributed by atoms with Gasteiger partial charge in [-0.05, 0) is 26.0 Å². The molecule has 0 spiro atoms. The van der Waals surface area contributed by atoms with Gasteiger partial charge in [0.2, 0.25) is 12.7 Å². The van der Waals surface area contributed by atoms with Crippen molar-refractivity contribution in [1.29, 1.82) is 0 Å². The number of hydrogen-bond acceptors (Lipinski definition) is 8. The minimum absolute atomic E-state index is 0.121. The molecular formula is C18H21NO7. The highest BCUT2D eigenvalue weighted by Crippen LogP contribution is 2.44. The van der Waals surface area contributed by atoms with E-state index >= 15 is 0 Å². The van der Waals surface area contributed by atoms with E-state index in [1.807, 2.05) is 6.07 Å². The van der Waals surface area contributed by atoms with Crippen LogP contribution in [0.25, 0.3) is 10.9 Å². The molecule has 3 rings (SSSR count). The molecule has 26 heavy (non-hydrogen) atoms. The molecule has 1 aromatic carbocycles. The number of nitrogens with zero attached hydrogens (tertiary/aromatic N) is 1. The Morgan fingerprint density at radius 3 is 2.69 bits per heavy atom. The highest BCUT2D eigenvalue weighted by Gasteiger charge is 2.33. The third-order valence-electron chi connectivity index (χ3n) is 4.30. The van der Waals surface area contributed by atoms with Gasteiger partial charge in [-0.15, -0.1) is 0 Å². The Morgan fingerprint density at radius 2 is 2.08 bits per heavy atom. The van der Waals surface area contributed by atoms with Crippen molar-refractivity contribution in [2.24, 2.45) is 0 Å². The average Bonchev–Trinajstić information content (AvgIpc) is 3.08. The van der Waals surface area contributed by atoms with Crippen LogP contribution in [0.1, 0.15) is 19.4 Å². The van der Waals surface area contributed by atoms with Gasteiger partial charge >= 0.3 is 0 Å². The van der Waals surface area contributed by atoms with Gasteiger partial charge in [-0.25, -0.2) is 4.98 Å². The summed E-state index contributed by atoms with van der Waals surface area (Å²) in [5, 5.41) is 11.0. The van der Waals surface area contributed by atoms with Crippen LogP contribution in [-0.2, 0) is 16.0 Å². The van der Waals surface area contributed by atoms with Gasteiger partial charge in [-0.2, -0.15) is 0 Å². The molecule has 0 radical (unpaired) electrons. The molecule has 1 N–H and O–H groups in total. The van der Waals surface area contributed by atoms with E-state index in [4.69, 9.17) is 23.7 Å². The summed E-state index contributed by atoms with van der Waals surface area (Å²) in [6, 6.07) is 3.60. The van der Waals surface area contributed by atoms with Crippen LogP contribution in [0.3, 0.4) is 0 Å². The van der Waals surface area contributed by atoms with Crippen LogP contribution in [0.4, 0.5) is 0 Å². The van der Waals surface area contributed by atoms with Crippen molar-refractivity contribution in [3.8, 4) is 23.1 Å². The van der Waals surface area contributed by atoms with Gasteiger partial charge in [-0.3, -0.25) is 4.79 Å². The van der Waals surface area contributed by atoms with Crippen molar-refractivity contribution >= 4 is 17.4 Å². The van der Waals surface area contributed by atoms with Crippen molar-refractivity contribution in [2.75, 3.05) is 21.0 Å². The fraction of sp³-hybridized carbons (Fsp3) is 0.444. The fourth-order valence-corrected chi connectivity index (χ4v) is 2.98. The summed E-state index contributed by atoms with van der Waals surface area (Å²) in [6.45, 7) is 3.56. The van der Waals surface area contributed by atoms with Crippen LogP contribution in [0.2, 0.25) is 0 Å². The first-order valence-corrected chi connectivity index (χ1v) is 8.05. The first kappa shape index (κ1) is 18.1. The number of fused-ring (bicyclic) bond motifs is 3. The van der Waals surface area contributed by atoms with Gasteiger partial charge in [0.05, 0.1) is 25.4 Å². The Bertz CT molecular complexity index is 829. The first-order valence-electron chi connectivity index (χ1n) is 8.05. The molecular weight excluding hydrogens is 342 g/mol. The number of aromatic nitrogens is 1. The monoisotopic (exact) mass is 363 g/mol. The van der Waals surface area contributed by atoms with E-state index < -0.39 is 11.7 Å². The van der Waals surface area contributed by atoms with Crippen LogP contribution in [-0.4, -0.2) is 49.3 Å². The number of aliphatic hydroxyl groups is 1. The van der Waals surface area contributed by atoms with Crippen LogP contribution in [0.5, 0.6) is 23.1 Å². The van der Waals surface area contributed by atoms with Crippen LogP contribution < -0.4 is 18.9 Å². The summed E-state index contributed by atoms with van der Waals surface area (Å²) >= 11 is 0. The molecule has 1 aliphatic rings. The predicted molar refractivity (Wildman–Crippen MR) is 91.9 cm³/mol. The average molecular weight is 363 g/mol. The van der Waals surface area contributed by atoms with E-state index in [2.05, 4.69) is 4.98 Å². The lowest BCUT2D eigenvalue weighted by molar-refractivity contribution is -0.146. The van der Waals surface area contributed by atoms with E-state index in [1.54, 1.807) is 19.9 Å². The smallest absolute Gasteiger partial charge is 0.293 e. The molecule has 0 unspecified atom stereocenters. The zero-order valence-corrected chi connectivity index (χ0v) is 15.1. The Labute approximate surface area is 150 Å². The number of carbonyl (C=O) groups is 1. The number of benzene rings is 1. The maximum atomic E-state index is 10.9. The normalized spacial score (nSPS) is 14.2. The molecule has 1 aliphatic heterocycles. The van der Waals surface area contributed by atoms with Gasteiger partial charge in [0.25, 0.3) is 6.47 Å². The van der Waals surface area contributed by atoms with Gasteiger partial charge in [0, 0.05) is 11.8 Å². The second-order valence-corrected chi connectivity index (χ2v) is 6.41. The number of ether oxygens (including phenoxy) is 5. The summed E-state index contributed by atoms with van der Waals surface area (Å²) in [4.78, 5) is 15.4. The summed E-state index contributed by atoms with van der Waals surface area (Å²) < 4.78 is 27.0. The zero-order valence-electron chi connectivity index (χ0n) is 15.1. The Hall–Kier alpha value is -2.74. The van der Waals surface area contributed by atoms with E-state index in [9.17, 15) is 9.90 Å². The fourth-order valence-electron chi connectivity index (χ4n) is 2.98. The van der Waals surface area contributed by atoms with E-state index in [0.29, 0.717) is 46.1 Å². The van der Waals surface area contributed by atoms with Gasteiger partial charge in [0.15, 0.2) is 11.5 Å². The summed E-state index contributed by atoms with van der Waals surface area (Å²) in [6.07, 6.45) is -0.651. The molecule has 0 amide bonds. The minimum Gasteiger partial charge on any atom is -0.496 e. The van der Waals surface area contributed by atoms with Crippen LogP contribution in [0, 0.1) is 0 Å². The first-order chi connectivity index (χ1) is 12.4. The largest absolute Gasteiger partial charge is 0.496 e. The number of rotatable bonds is 7. The number of methoxy groups -OCH3 is 2. The number of pyridine rings is 1. The lowest BCUT2D eigenvalue weighted by atomic mass is 9.94. The number of carbonyl (C=O) groups excluding carboxylic acids is 1. The van der Waals surface area contributed by atoms with E-state index in [-0.39, 0.29) is 13.2 Å². The maximum Gasteiger partial charge on any atom is 0.293 e. The van der Waals surface area contributed by atoms with Gasteiger partial charge in [-0.1, -0.05) is 0 Å². The third kappa shape index (κ3) is 3.08. The van der Waals surface area contributed by atoms with Gasteiger partial charge < -0.3 is 28.8 Å². The molecule has 2 aromatic rings. The second-order valence-electron chi connectivity index (χ2n) is 6.41. The summed E-state index contributed by atoms with van der Waals surface area (Å²) in [5.74, 6) is 1.92. The quantitative estimate of drug-likeness (QED) is 0.745. The van der Waals surface area contributed by atoms with E-state index in [1.165, 1.54) is 14.2 Å². The number of hydrogen-bond donors (Lipinski definition) is 1. The van der Waals surface area contributed by atoms with Gasteiger partial charge in [0.1, 0.15) is 17.4 Å². The highest BCUT2D eigenvalue weighted by molar-refractivity contribution is 5.94. The van der Waals surface area contributed by atoms with Crippen LogP contribution in [0.15, 0.2) is 12.1 Å². The Kier molecular flexibility index (Phi) is 4.78. The molecule has 2 heterocycles. The molecule has 8 nitrogen and oxygen atoms in total. The van der Waals surface area contributed by atoms with Crippen molar-refractivity contribution in [1.82, 2.24) is 4.98 Å². The molecule has 1 aromatic heterocycles. The molecule has 0 saturated heterocycles. The third-order valence-corrected chi connectivity index (χ3v) is 4.30. The molecule has 0 bridgehead atoms. The second kappa shape index (κ2) is 6.87.